The van der Waals surface area contributed by atoms with E-state index < -0.39 is 0 Å². The average Bonchev–Trinajstić information content (AvgIpc) is 3.25. The third-order valence-corrected chi connectivity index (χ3v) is 4.08. The molecule has 0 aliphatic rings. The Balaban J connectivity index is 0.000000582. The predicted octanol–water partition coefficient (Wildman–Crippen LogP) is 1.91. The molecular weight excluding hydrogens is 362 g/mol. The average molecular weight is 389 g/mol. The number of carbonyl (C=O) groups is 2. The highest BCUT2D eigenvalue weighted by molar-refractivity contribution is 5.75. The third kappa shape index (κ3) is 6.51. The molecular formula is C19H27N5O4. The molecule has 0 spiro atoms. The van der Waals surface area contributed by atoms with Crippen LogP contribution < -0.4 is 5.32 Å². The first-order chi connectivity index (χ1) is 13.5. The quantitative estimate of drug-likeness (QED) is 0.550. The minimum Gasteiger partial charge on any atom is -0.483 e. The van der Waals surface area contributed by atoms with Gasteiger partial charge in [-0.25, -0.2) is 9.97 Å². The van der Waals surface area contributed by atoms with E-state index in [0.717, 1.165) is 36.7 Å². The summed E-state index contributed by atoms with van der Waals surface area (Å²) in [5, 5.41) is 17.3. The normalized spacial score (nSPS) is 11.0. The molecule has 3 N–H and O–H groups in total. The number of para-hydroxylation sites is 2. The summed E-state index contributed by atoms with van der Waals surface area (Å²) in [7, 11) is 2.07. The first-order valence-electron chi connectivity index (χ1n) is 8.81. The van der Waals surface area contributed by atoms with Crippen molar-refractivity contribution in [3.63, 3.8) is 0 Å². The van der Waals surface area contributed by atoms with Gasteiger partial charge in [0.2, 0.25) is 0 Å². The van der Waals surface area contributed by atoms with E-state index in [4.69, 9.17) is 24.8 Å². The Kier molecular flexibility index (Phi) is 9.98. The van der Waals surface area contributed by atoms with Gasteiger partial charge in [-0.05, 0) is 19.1 Å². The van der Waals surface area contributed by atoms with Crippen LogP contribution in [-0.4, -0.2) is 48.3 Å². The summed E-state index contributed by atoms with van der Waals surface area (Å²) in [4.78, 5) is 25.8. The predicted molar refractivity (Wildman–Crippen MR) is 106 cm³/mol. The van der Waals surface area contributed by atoms with Crippen molar-refractivity contribution in [1.29, 1.82) is 0 Å². The second-order valence-corrected chi connectivity index (χ2v) is 5.92. The number of hydrogen-bond donors (Lipinski definition) is 3. The van der Waals surface area contributed by atoms with Crippen molar-refractivity contribution in [3.8, 4) is 0 Å². The zero-order chi connectivity index (χ0) is 20.9. The molecule has 1 aromatic carbocycles. The maximum Gasteiger partial charge on any atom is 0.290 e. The monoisotopic (exact) mass is 389 g/mol. The van der Waals surface area contributed by atoms with Gasteiger partial charge in [0.15, 0.2) is 0 Å². The van der Waals surface area contributed by atoms with Crippen LogP contribution in [-0.2, 0) is 36.1 Å². The Bertz CT molecular complexity index is 853. The Morgan fingerprint density at radius 2 is 1.82 bits per heavy atom. The minimum absolute atomic E-state index is 0.250. The second kappa shape index (κ2) is 12.2. The van der Waals surface area contributed by atoms with Crippen molar-refractivity contribution >= 4 is 24.0 Å². The lowest BCUT2D eigenvalue weighted by Gasteiger charge is -2.15. The smallest absolute Gasteiger partial charge is 0.290 e. The van der Waals surface area contributed by atoms with E-state index in [9.17, 15) is 0 Å². The molecule has 0 bridgehead atoms. The van der Waals surface area contributed by atoms with E-state index >= 15 is 0 Å². The van der Waals surface area contributed by atoms with Crippen molar-refractivity contribution in [2.75, 3.05) is 0 Å². The van der Waals surface area contributed by atoms with Gasteiger partial charge in [-0.2, -0.15) is 0 Å². The van der Waals surface area contributed by atoms with Crippen LogP contribution in [0.5, 0.6) is 0 Å². The highest BCUT2D eigenvalue weighted by atomic mass is 16.3. The van der Waals surface area contributed by atoms with Gasteiger partial charge in [-0.1, -0.05) is 19.1 Å². The Labute approximate surface area is 163 Å². The highest BCUT2D eigenvalue weighted by Crippen LogP contribution is 2.14. The number of hydrogen-bond acceptors (Lipinski definition) is 5. The van der Waals surface area contributed by atoms with E-state index in [1.54, 1.807) is 0 Å². The number of nitrogens with one attached hydrogen (secondary N) is 1. The number of aromatic nitrogens is 4. The Hall–Kier alpha value is -3.20. The van der Waals surface area contributed by atoms with Crippen molar-refractivity contribution in [3.05, 3.63) is 48.3 Å². The molecule has 152 valence electrons. The number of benzene rings is 1. The molecule has 9 heteroatoms. The van der Waals surface area contributed by atoms with Crippen LogP contribution in [0.1, 0.15) is 25.5 Å². The molecule has 2 heterocycles. The maximum absolute atomic E-state index is 8.36. The molecule has 3 rings (SSSR count). The van der Waals surface area contributed by atoms with E-state index in [0.29, 0.717) is 6.04 Å². The van der Waals surface area contributed by atoms with Gasteiger partial charge in [0.25, 0.3) is 12.9 Å². The summed E-state index contributed by atoms with van der Waals surface area (Å²) < 4.78 is 4.37. The topological polar surface area (TPSA) is 122 Å². The van der Waals surface area contributed by atoms with Gasteiger partial charge in [-0.3, -0.25) is 9.59 Å². The van der Waals surface area contributed by atoms with Crippen LogP contribution in [0.15, 0.2) is 36.7 Å². The van der Waals surface area contributed by atoms with Crippen LogP contribution >= 0.6 is 0 Å². The molecule has 9 nitrogen and oxygen atoms in total. The lowest BCUT2D eigenvalue weighted by atomic mass is 10.3. The molecule has 0 saturated heterocycles. The number of nitrogens with zero attached hydrogens (tertiary/aromatic N) is 4. The molecule has 1 atom stereocenters. The molecule has 28 heavy (non-hydrogen) atoms. The van der Waals surface area contributed by atoms with Crippen molar-refractivity contribution in [2.24, 2.45) is 7.05 Å². The first-order valence-corrected chi connectivity index (χ1v) is 8.81. The Morgan fingerprint density at radius 3 is 2.43 bits per heavy atom. The summed E-state index contributed by atoms with van der Waals surface area (Å²) in [6, 6.07) is 8.60. The minimum atomic E-state index is -0.250. The molecule has 0 aliphatic heterocycles. The van der Waals surface area contributed by atoms with Crippen molar-refractivity contribution in [1.82, 2.24) is 24.4 Å². The fraction of sp³-hybridized carbons (Fsp3) is 0.368. The van der Waals surface area contributed by atoms with Crippen LogP contribution in [0.3, 0.4) is 0 Å². The van der Waals surface area contributed by atoms with Crippen LogP contribution in [0, 0.1) is 0 Å². The fourth-order valence-electron chi connectivity index (χ4n) is 2.80. The van der Waals surface area contributed by atoms with E-state index in [1.165, 1.54) is 5.52 Å². The van der Waals surface area contributed by atoms with Gasteiger partial charge < -0.3 is 24.7 Å². The molecule has 0 aliphatic carbocycles. The lowest BCUT2D eigenvalue weighted by molar-refractivity contribution is -0.123. The molecule has 0 fully saturated rings. The van der Waals surface area contributed by atoms with E-state index in [2.05, 4.69) is 58.5 Å². The molecule has 1 unspecified atom stereocenters. The molecule has 0 amide bonds. The van der Waals surface area contributed by atoms with Gasteiger partial charge in [0.05, 0.1) is 17.6 Å². The highest BCUT2D eigenvalue weighted by Gasteiger charge is 2.10. The summed E-state index contributed by atoms with van der Waals surface area (Å²) in [5.41, 5.74) is 2.23. The molecule has 0 radical (unpaired) electrons. The maximum atomic E-state index is 8.36. The van der Waals surface area contributed by atoms with Crippen LogP contribution in [0.25, 0.3) is 11.0 Å². The van der Waals surface area contributed by atoms with Gasteiger partial charge in [0, 0.05) is 38.4 Å². The SMILES string of the molecule is CCc1nccn1CC(C)NCc1nc2ccccc2n1C.O=CO.O=CO. The summed E-state index contributed by atoms with van der Waals surface area (Å²) in [6.07, 6.45) is 4.88. The zero-order valence-corrected chi connectivity index (χ0v) is 16.3. The first kappa shape index (κ1) is 22.8. The second-order valence-electron chi connectivity index (χ2n) is 5.92. The number of carboxylic acid groups (broad SMARTS) is 2. The van der Waals surface area contributed by atoms with E-state index in [1.807, 2.05) is 18.5 Å². The number of imidazole rings is 2. The van der Waals surface area contributed by atoms with E-state index in [-0.39, 0.29) is 12.9 Å². The lowest BCUT2D eigenvalue weighted by Crippen LogP contribution is -2.31. The number of aryl methyl sites for hydroxylation is 2. The number of fused-ring (bicyclic) bond motifs is 1. The molecule has 0 saturated carbocycles. The van der Waals surface area contributed by atoms with Gasteiger partial charge in [-0.15, -0.1) is 0 Å². The summed E-state index contributed by atoms with van der Waals surface area (Å²) >= 11 is 0. The number of rotatable bonds is 6. The zero-order valence-electron chi connectivity index (χ0n) is 16.3. The third-order valence-electron chi connectivity index (χ3n) is 4.08. The standard InChI is InChI=1S/C17H23N5.2CH2O2/c1-4-16-18-9-10-22(16)12-13(2)19-11-17-20-14-7-5-6-8-15(14)21(17)3;2*2-1-3/h5-10,13,19H,4,11-12H2,1-3H3;2*1H,(H,2,3). The summed E-state index contributed by atoms with van der Waals surface area (Å²) in [5.74, 6) is 2.20. The van der Waals surface area contributed by atoms with Crippen LogP contribution in [0.2, 0.25) is 0 Å². The van der Waals surface area contributed by atoms with Crippen molar-refractivity contribution in [2.45, 2.75) is 39.4 Å². The largest absolute Gasteiger partial charge is 0.483 e. The molecule has 2 aromatic heterocycles. The van der Waals surface area contributed by atoms with Crippen LogP contribution in [0.4, 0.5) is 0 Å². The van der Waals surface area contributed by atoms with Crippen molar-refractivity contribution < 1.29 is 19.8 Å². The van der Waals surface area contributed by atoms with Gasteiger partial charge in [0.1, 0.15) is 11.6 Å². The fourth-order valence-corrected chi connectivity index (χ4v) is 2.80. The molecule has 3 aromatic rings. The van der Waals surface area contributed by atoms with Gasteiger partial charge >= 0.3 is 0 Å². The summed E-state index contributed by atoms with van der Waals surface area (Å²) in [6.45, 7) is 5.52. The Morgan fingerprint density at radius 1 is 1.18 bits per heavy atom.